The number of hydrogen-bond donors (Lipinski definition) is 2. The first-order valence-electron chi connectivity index (χ1n) is 7.18. The van der Waals surface area contributed by atoms with Crippen molar-refractivity contribution in [1.82, 2.24) is 0 Å². The van der Waals surface area contributed by atoms with Crippen molar-refractivity contribution < 1.29 is 14.7 Å². The number of aryl methyl sites for hydroxylation is 1. The smallest absolute Gasteiger partial charge is 0.307 e. The third-order valence-corrected chi connectivity index (χ3v) is 3.44. The Morgan fingerprint density at radius 3 is 2.27 bits per heavy atom. The molecule has 2 aromatic carbocycles. The van der Waals surface area contributed by atoms with Crippen LogP contribution in [-0.2, 0) is 16.0 Å². The van der Waals surface area contributed by atoms with Gasteiger partial charge in [0.05, 0.1) is 5.92 Å². The molecule has 0 fully saturated rings. The fourth-order valence-electron chi connectivity index (χ4n) is 2.21. The van der Waals surface area contributed by atoms with Crippen LogP contribution in [0.5, 0.6) is 0 Å². The second kappa shape index (κ2) is 7.41. The number of nitrogens with one attached hydrogen (secondary N) is 1. The predicted molar refractivity (Wildman–Crippen MR) is 85.7 cm³/mol. The van der Waals surface area contributed by atoms with Gasteiger partial charge in [-0.1, -0.05) is 48.0 Å². The monoisotopic (exact) mass is 297 g/mol. The third kappa shape index (κ3) is 4.74. The van der Waals surface area contributed by atoms with Crippen molar-refractivity contribution in [3.05, 3.63) is 65.7 Å². The molecule has 0 saturated carbocycles. The van der Waals surface area contributed by atoms with Gasteiger partial charge in [-0.2, -0.15) is 0 Å². The first-order valence-corrected chi connectivity index (χ1v) is 7.18. The number of carbonyl (C=O) groups is 2. The lowest BCUT2D eigenvalue weighted by Gasteiger charge is -2.13. The lowest BCUT2D eigenvalue weighted by atomic mass is 9.95. The summed E-state index contributed by atoms with van der Waals surface area (Å²) in [6.07, 6.45) is 0.302. The summed E-state index contributed by atoms with van der Waals surface area (Å²) in [5, 5.41) is 12.0. The molecule has 0 heterocycles. The van der Waals surface area contributed by atoms with Crippen LogP contribution in [0.3, 0.4) is 0 Å². The topological polar surface area (TPSA) is 66.4 Å². The van der Waals surface area contributed by atoms with Gasteiger partial charge >= 0.3 is 5.97 Å². The largest absolute Gasteiger partial charge is 0.481 e. The van der Waals surface area contributed by atoms with Crippen molar-refractivity contribution in [2.24, 2.45) is 5.92 Å². The molecule has 4 heteroatoms. The Kier molecular flexibility index (Phi) is 5.31. The van der Waals surface area contributed by atoms with Gasteiger partial charge < -0.3 is 10.4 Å². The van der Waals surface area contributed by atoms with E-state index in [0.29, 0.717) is 12.1 Å². The standard InChI is InChI=1S/C18H19NO3/c1-13-7-9-14(10-8-13)11-15(18(21)22)12-17(20)19-16-5-3-2-4-6-16/h2-10,15H,11-12H2,1H3,(H,19,20)(H,21,22)/t15-/m1/s1. The highest BCUT2D eigenvalue weighted by Gasteiger charge is 2.21. The van der Waals surface area contributed by atoms with Crippen molar-refractivity contribution in [2.75, 3.05) is 5.32 Å². The molecule has 2 aromatic rings. The molecule has 0 spiro atoms. The molecule has 1 atom stereocenters. The molecule has 0 aliphatic rings. The highest BCUT2D eigenvalue weighted by Crippen LogP contribution is 2.15. The van der Waals surface area contributed by atoms with Gasteiger partial charge in [0.15, 0.2) is 0 Å². The number of carboxylic acids is 1. The molecule has 0 saturated heterocycles. The Balaban J connectivity index is 1.98. The van der Waals surface area contributed by atoms with Crippen LogP contribution in [0.25, 0.3) is 0 Å². The molecule has 2 rings (SSSR count). The Morgan fingerprint density at radius 2 is 1.68 bits per heavy atom. The molecule has 0 aromatic heterocycles. The van der Waals surface area contributed by atoms with Gasteiger partial charge in [-0.3, -0.25) is 9.59 Å². The summed E-state index contributed by atoms with van der Waals surface area (Å²) in [7, 11) is 0. The van der Waals surface area contributed by atoms with Gasteiger partial charge in [-0.05, 0) is 31.0 Å². The van der Waals surface area contributed by atoms with Crippen LogP contribution < -0.4 is 5.32 Å². The summed E-state index contributed by atoms with van der Waals surface area (Å²) in [4.78, 5) is 23.4. The molecule has 114 valence electrons. The number of amides is 1. The fourth-order valence-corrected chi connectivity index (χ4v) is 2.21. The normalized spacial score (nSPS) is 11.7. The number of para-hydroxylation sites is 1. The minimum atomic E-state index is -0.955. The Hall–Kier alpha value is -2.62. The number of carbonyl (C=O) groups excluding carboxylic acids is 1. The van der Waals surface area contributed by atoms with E-state index in [1.165, 1.54) is 0 Å². The molecule has 0 unspecified atom stereocenters. The second-order valence-electron chi connectivity index (χ2n) is 5.34. The number of rotatable bonds is 6. The van der Waals surface area contributed by atoms with Crippen molar-refractivity contribution in [1.29, 1.82) is 0 Å². The van der Waals surface area contributed by atoms with E-state index in [4.69, 9.17) is 0 Å². The molecule has 0 bridgehead atoms. The van der Waals surface area contributed by atoms with Crippen molar-refractivity contribution in [3.8, 4) is 0 Å². The molecular formula is C18H19NO3. The maximum Gasteiger partial charge on any atom is 0.307 e. The van der Waals surface area contributed by atoms with E-state index in [0.717, 1.165) is 11.1 Å². The molecule has 1 amide bonds. The van der Waals surface area contributed by atoms with E-state index in [2.05, 4.69) is 5.32 Å². The van der Waals surface area contributed by atoms with Crippen molar-refractivity contribution in [2.45, 2.75) is 19.8 Å². The average molecular weight is 297 g/mol. The Bertz CT molecular complexity index is 635. The molecule has 0 radical (unpaired) electrons. The summed E-state index contributed by atoms with van der Waals surface area (Å²) < 4.78 is 0. The van der Waals surface area contributed by atoms with E-state index in [1.807, 2.05) is 49.4 Å². The van der Waals surface area contributed by atoms with Gasteiger partial charge in [0.25, 0.3) is 0 Å². The number of aliphatic carboxylic acids is 1. The summed E-state index contributed by atoms with van der Waals surface area (Å²) in [5.41, 5.74) is 2.72. The zero-order valence-electron chi connectivity index (χ0n) is 12.5. The van der Waals surface area contributed by atoms with Crippen LogP contribution in [0.1, 0.15) is 17.5 Å². The van der Waals surface area contributed by atoms with Crippen molar-refractivity contribution >= 4 is 17.6 Å². The quantitative estimate of drug-likeness (QED) is 0.860. The van der Waals surface area contributed by atoms with Crippen LogP contribution >= 0.6 is 0 Å². The fraction of sp³-hybridized carbons (Fsp3) is 0.222. The number of anilines is 1. The summed E-state index contributed by atoms with van der Waals surface area (Å²) in [5.74, 6) is -1.97. The highest BCUT2D eigenvalue weighted by atomic mass is 16.4. The average Bonchev–Trinajstić information content (AvgIpc) is 2.49. The lowest BCUT2D eigenvalue weighted by Crippen LogP contribution is -2.24. The molecular weight excluding hydrogens is 278 g/mol. The van der Waals surface area contributed by atoms with Crippen LogP contribution in [0.2, 0.25) is 0 Å². The Morgan fingerprint density at radius 1 is 1.05 bits per heavy atom. The van der Waals surface area contributed by atoms with Crippen LogP contribution in [0.15, 0.2) is 54.6 Å². The van der Waals surface area contributed by atoms with E-state index in [-0.39, 0.29) is 12.3 Å². The minimum Gasteiger partial charge on any atom is -0.481 e. The molecule has 2 N–H and O–H groups in total. The summed E-state index contributed by atoms with van der Waals surface area (Å²) in [6, 6.07) is 16.7. The van der Waals surface area contributed by atoms with Gasteiger partial charge in [0.1, 0.15) is 0 Å². The number of carboxylic acid groups (broad SMARTS) is 1. The minimum absolute atomic E-state index is 0.0435. The summed E-state index contributed by atoms with van der Waals surface area (Å²) >= 11 is 0. The zero-order valence-corrected chi connectivity index (χ0v) is 12.5. The Labute approximate surface area is 129 Å². The summed E-state index contributed by atoms with van der Waals surface area (Å²) in [6.45, 7) is 1.98. The van der Waals surface area contributed by atoms with Crippen molar-refractivity contribution in [3.63, 3.8) is 0 Å². The molecule has 0 aliphatic heterocycles. The zero-order chi connectivity index (χ0) is 15.9. The third-order valence-electron chi connectivity index (χ3n) is 3.44. The maximum absolute atomic E-state index is 12.0. The van der Waals surface area contributed by atoms with Gasteiger partial charge in [0, 0.05) is 12.1 Å². The van der Waals surface area contributed by atoms with Crippen LogP contribution in [0.4, 0.5) is 5.69 Å². The molecule has 4 nitrogen and oxygen atoms in total. The molecule has 22 heavy (non-hydrogen) atoms. The van der Waals surface area contributed by atoms with Gasteiger partial charge in [-0.25, -0.2) is 0 Å². The number of benzene rings is 2. The van der Waals surface area contributed by atoms with Gasteiger partial charge in [0.2, 0.25) is 5.91 Å². The lowest BCUT2D eigenvalue weighted by molar-refractivity contribution is -0.143. The van der Waals surface area contributed by atoms with E-state index >= 15 is 0 Å². The highest BCUT2D eigenvalue weighted by molar-refractivity contribution is 5.93. The number of hydrogen-bond acceptors (Lipinski definition) is 2. The van der Waals surface area contributed by atoms with E-state index < -0.39 is 11.9 Å². The SMILES string of the molecule is Cc1ccc(C[C@H](CC(=O)Nc2ccccc2)C(=O)O)cc1. The molecule has 0 aliphatic carbocycles. The van der Waals surface area contributed by atoms with E-state index in [1.54, 1.807) is 12.1 Å². The van der Waals surface area contributed by atoms with E-state index in [9.17, 15) is 14.7 Å². The predicted octanol–water partition coefficient (Wildman–Crippen LogP) is 3.27. The second-order valence-corrected chi connectivity index (χ2v) is 5.34. The van der Waals surface area contributed by atoms with Gasteiger partial charge in [-0.15, -0.1) is 0 Å². The first kappa shape index (κ1) is 15.8. The maximum atomic E-state index is 12.0. The first-order chi connectivity index (χ1) is 10.5. The van der Waals surface area contributed by atoms with Crippen LogP contribution in [-0.4, -0.2) is 17.0 Å². The van der Waals surface area contributed by atoms with Crippen LogP contribution in [0, 0.1) is 12.8 Å².